The highest BCUT2D eigenvalue weighted by Gasteiger charge is 2.22. The van der Waals surface area contributed by atoms with Gasteiger partial charge in [-0.3, -0.25) is 9.59 Å². The average molecular weight is 1340 g/mol. The third kappa shape index (κ3) is 78.7. The monoisotopic (exact) mass is 1340 g/mol. The zero-order chi connectivity index (χ0) is 69.0. The molecule has 0 aliphatic carbocycles. The number of carbonyl (C=O) groups is 3. The van der Waals surface area contributed by atoms with Gasteiger partial charge in [0.1, 0.15) is 13.2 Å². The van der Waals surface area contributed by atoms with E-state index in [0.717, 1.165) is 44.9 Å². The van der Waals surface area contributed by atoms with Crippen LogP contribution in [0.5, 0.6) is 0 Å². The highest BCUT2D eigenvalue weighted by atomic mass is 16.7. The maximum absolute atomic E-state index is 13.0. The number of hydrogen-bond acceptors (Lipinski definition) is 8. The Morgan fingerprint density at radius 3 is 0.842 bits per heavy atom. The van der Waals surface area contributed by atoms with Gasteiger partial charge in [0.25, 0.3) is 0 Å². The molecule has 0 saturated carbocycles. The highest BCUT2D eigenvalue weighted by Crippen LogP contribution is 2.20. The highest BCUT2D eigenvalue weighted by molar-refractivity contribution is 5.70. The second-order valence-electron chi connectivity index (χ2n) is 30.1. The van der Waals surface area contributed by atoms with Crippen molar-refractivity contribution in [3.05, 3.63) is 36.5 Å². The summed E-state index contributed by atoms with van der Waals surface area (Å²) in [5.41, 5.74) is 0. The number of rotatable bonds is 80. The Hall–Kier alpha value is -2.49. The number of ether oxygens (including phenoxy) is 4. The van der Waals surface area contributed by atoms with Gasteiger partial charge in [0.2, 0.25) is 0 Å². The van der Waals surface area contributed by atoms with E-state index in [2.05, 4.69) is 50.3 Å². The van der Waals surface area contributed by atoms with Gasteiger partial charge in [-0.15, -0.1) is 0 Å². The molecule has 0 aliphatic rings. The zero-order valence-electron chi connectivity index (χ0n) is 64.3. The predicted molar refractivity (Wildman–Crippen MR) is 408 cm³/mol. The van der Waals surface area contributed by atoms with E-state index < -0.39 is 24.3 Å². The lowest BCUT2D eigenvalue weighted by molar-refractivity contribution is -0.870. The van der Waals surface area contributed by atoms with Gasteiger partial charge < -0.3 is 33.3 Å². The SMILES string of the molecule is CCCCCCC/C=C\C/C=C\CCCCCCCCCCCCCCCCCCCC(=O)OC(COC(=O)CCCCCCCCCCCCCCCCCCCCCCCCCCCCCCC/C=C\CCCCCCCCCC)COC(OCC[N+](C)(C)C)C(=O)[O-]. The van der Waals surface area contributed by atoms with Crippen LogP contribution in [0.1, 0.15) is 438 Å². The van der Waals surface area contributed by atoms with E-state index in [1.807, 2.05) is 21.1 Å². The number of esters is 2. The van der Waals surface area contributed by atoms with Crippen molar-refractivity contribution in [3.8, 4) is 0 Å². The van der Waals surface area contributed by atoms with E-state index in [-0.39, 0.29) is 32.2 Å². The van der Waals surface area contributed by atoms with Crippen molar-refractivity contribution in [2.75, 3.05) is 47.5 Å². The summed E-state index contributed by atoms with van der Waals surface area (Å²) >= 11 is 0. The maximum atomic E-state index is 13.0. The molecule has 0 saturated heterocycles. The zero-order valence-corrected chi connectivity index (χ0v) is 64.3. The van der Waals surface area contributed by atoms with Crippen LogP contribution in [0.25, 0.3) is 0 Å². The lowest BCUT2D eigenvalue weighted by Gasteiger charge is -2.26. The van der Waals surface area contributed by atoms with E-state index >= 15 is 0 Å². The van der Waals surface area contributed by atoms with Crippen molar-refractivity contribution < 1.29 is 42.9 Å². The Morgan fingerprint density at radius 1 is 0.316 bits per heavy atom. The van der Waals surface area contributed by atoms with Crippen LogP contribution < -0.4 is 5.11 Å². The van der Waals surface area contributed by atoms with E-state index in [9.17, 15) is 19.5 Å². The number of nitrogens with zero attached hydrogens (tertiary/aromatic N) is 1. The predicted octanol–water partition coefficient (Wildman–Crippen LogP) is 25.7. The molecule has 0 aromatic carbocycles. The van der Waals surface area contributed by atoms with Gasteiger partial charge in [-0.25, -0.2) is 0 Å². The number of carbonyl (C=O) groups excluding carboxylic acids is 3. The molecule has 2 atom stereocenters. The molecule has 560 valence electrons. The molecular formula is C86H163NO8. The summed E-state index contributed by atoms with van der Waals surface area (Å²) in [4.78, 5) is 37.6. The Balaban J connectivity index is 3.91. The lowest BCUT2D eigenvalue weighted by Crippen LogP contribution is -2.44. The standard InChI is InChI=1S/C86H163NO8/c1-6-8-10-12-14-16-18-20-22-24-26-28-30-32-34-36-37-38-39-40-41-42-43-44-45-46-47-49-50-52-54-56-58-60-62-64-66-68-70-72-74-76-83(88)93-80-82(81-94-86(85(90)91)92-79-78-87(3,4)5)95-84(89)77-75-73-71-69-67-65-63-61-59-57-55-53-51-48-35-33-31-29-27-25-23-21-19-17-15-13-11-9-7-2/h19,21,24-27,82,86H,6-18,20,22-23,28-81H2,1-5H3/b21-19-,26-24-,27-25-. The average Bonchev–Trinajstić information content (AvgIpc) is 2.86. The summed E-state index contributed by atoms with van der Waals surface area (Å²) in [5, 5.41) is 11.9. The normalized spacial score (nSPS) is 12.7. The van der Waals surface area contributed by atoms with Gasteiger partial charge in [-0.1, -0.05) is 391 Å². The first-order valence-electron chi connectivity index (χ1n) is 42.1. The van der Waals surface area contributed by atoms with Gasteiger partial charge >= 0.3 is 11.9 Å². The Labute approximate surface area is 591 Å². The molecule has 0 aromatic heterocycles. The van der Waals surface area contributed by atoms with Crippen molar-refractivity contribution in [1.29, 1.82) is 0 Å². The topological polar surface area (TPSA) is 111 Å². The van der Waals surface area contributed by atoms with Crippen LogP contribution in [-0.4, -0.2) is 82.3 Å². The molecular weight excluding hydrogens is 1170 g/mol. The fourth-order valence-electron chi connectivity index (χ4n) is 12.9. The fraction of sp³-hybridized carbons (Fsp3) is 0.895. The molecule has 0 amide bonds. The van der Waals surface area contributed by atoms with Crippen LogP contribution in [0, 0.1) is 0 Å². The third-order valence-corrected chi connectivity index (χ3v) is 19.4. The summed E-state index contributed by atoms with van der Waals surface area (Å²) in [7, 11) is 5.95. The van der Waals surface area contributed by atoms with Crippen LogP contribution in [0.2, 0.25) is 0 Å². The molecule has 0 heterocycles. The second kappa shape index (κ2) is 77.3. The molecule has 0 radical (unpaired) electrons. The Bertz CT molecular complexity index is 1650. The second-order valence-corrected chi connectivity index (χ2v) is 30.1. The smallest absolute Gasteiger partial charge is 0.306 e. The number of aliphatic carboxylic acids is 1. The van der Waals surface area contributed by atoms with Crippen molar-refractivity contribution in [1.82, 2.24) is 0 Å². The molecule has 0 aromatic rings. The fourth-order valence-corrected chi connectivity index (χ4v) is 12.9. The minimum Gasteiger partial charge on any atom is -0.545 e. The first-order chi connectivity index (χ1) is 46.6. The number of allylic oxidation sites excluding steroid dienone is 6. The molecule has 0 fully saturated rings. The quantitative estimate of drug-likeness (QED) is 0.0195. The van der Waals surface area contributed by atoms with Gasteiger partial charge in [0, 0.05) is 12.8 Å². The van der Waals surface area contributed by atoms with E-state index in [4.69, 9.17) is 18.9 Å². The molecule has 0 spiro atoms. The number of likely N-dealkylation sites (N-methyl/N-ethyl adjacent to an activating group) is 1. The van der Waals surface area contributed by atoms with E-state index in [1.165, 1.54) is 366 Å². The van der Waals surface area contributed by atoms with Crippen LogP contribution in [0.4, 0.5) is 0 Å². The van der Waals surface area contributed by atoms with Crippen molar-refractivity contribution in [2.45, 2.75) is 450 Å². The molecule has 2 unspecified atom stereocenters. The summed E-state index contributed by atoms with van der Waals surface area (Å²) < 4.78 is 22.9. The first-order valence-corrected chi connectivity index (χ1v) is 42.1. The first kappa shape index (κ1) is 92.5. The third-order valence-electron chi connectivity index (χ3n) is 19.4. The Morgan fingerprint density at radius 2 is 0.568 bits per heavy atom. The Kier molecular flexibility index (Phi) is 75.2. The molecule has 0 rings (SSSR count). The summed E-state index contributed by atoms with van der Waals surface area (Å²) in [6.45, 7) is 4.82. The molecule has 95 heavy (non-hydrogen) atoms. The molecule has 9 heteroatoms. The molecule has 9 nitrogen and oxygen atoms in total. The van der Waals surface area contributed by atoms with Crippen molar-refractivity contribution in [3.63, 3.8) is 0 Å². The number of quaternary nitrogens is 1. The summed E-state index contributed by atoms with van der Waals surface area (Å²) in [6, 6.07) is 0. The van der Waals surface area contributed by atoms with Crippen molar-refractivity contribution in [2.24, 2.45) is 0 Å². The van der Waals surface area contributed by atoms with Gasteiger partial charge in [0.15, 0.2) is 12.4 Å². The largest absolute Gasteiger partial charge is 0.545 e. The van der Waals surface area contributed by atoms with Crippen molar-refractivity contribution >= 4 is 17.9 Å². The minimum atomic E-state index is -1.62. The number of unbranched alkanes of at least 4 members (excludes halogenated alkanes) is 59. The van der Waals surface area contributed by atoms with E-state index in [1.54, 1.807) is 0 Å². The van der Waals surface area contributed by atoms with Crippen LogP contribution >= 0.6 is 0 Å². The number of carboxylic acid groups (broad SMARTS) is 1. The van der Waals surface area contributed by atoms with Gasteiger partial charge in [-0.2, -0.15) is 0 Å². The van der Waals surface area contributed by atoms with Crippen LogP contribution in [0.15, 0.2) is 36.5 Å². The minimum absolute atomic E-state index is 0.151. The maximum Gasteiger partial charge on any atom is 0.306 e. The number of carboxylic acids is 1. The summed E-state index contributed by atoms with van der Waals surface area (Å²) in [5.74, 6) is -2.25. The van der Waals surface area contributed by atoms with E-state index in [0.29, 0.717) is 17.4 Å². The lowest BCUT2D eigenvalue weighted by atomic mass is 10.0. The van der Waals surface area contributed by atoms with Gasteiger partial charge in [-0.05, 0) is 70.6 Å². The number of hydrogen-bond donors (Lipinski definition) is 0. The van der Waals surface area contributed by atoms with Crippen LogP contribution in [-0.2, 0) is 33.3 Å². The molecule has 0 aliphatic heterocycles. The molecule has 0 N–H and O–H groups in total. The molecule has 0 bridgehead atoms. The summed E-state index contributed by atoms with van der Waals surface area (Å²) in [6.07, 6.45) is 97.3. The van der Waals surface area contributed by atoms with Crippen LogP contribution in [0.3, 0.4) is 0 Å². The van der Waals surface area contributed by atoms with Gasteiger partial charge in [0.05, 0.1) is 40.3 Å².